The van der Waals surface area contributed by atoms with Gasteiger partial charge in [-0.1, -0.05) is 19.1 Å². The zero-order valence-corrected chi connectivity index (χ0v) is 15.8. The summed E-state index contributed by atoms with van der Waals surface area (Å²) in [5.41, 5.74) is 2.83. The second kappa shape index (κ2) is 8.08. The molecule has 0 unspecified atom stereocenters. The number of aromatic nitrogens is 4. The van der Waals surface area contributed by atoms with Gasteiger partial charge in [0.15, 0.2) is 0 Å². The van der Waals surface area contributed by atoms with E-state index in [1.807, 2.05) is 45.9 Å². The Morgan fingerprint density at radius 2 is 1.86 bits per heavy atom. The number of pyridine rings is 1. The van der Waals surface area contributed by atoms with Crippen LogP contribution in [0, 0.1) is 0 Å². The Morgan fingerprint density at radius 3 is 2.54 bits per heavy atom. The highest BCUT2D eigenvalue weighted by Crippen LogP contribution is 2.22. The molecule has 2 amide bonds. The van der Waals surface area contributed by atoms with E-state index in [9.17, 15) is 4.79 Å². The van der Waals surface area contributed by atoms with Gasteiger partial charge in [-0.25, -0.2) is 9.78 Å². The van der Waals surface area contributed by atoms with Crippen molar-refractivity contribution in [1.82, 2.24) is 24.6 Å². The maximum atomic E-state index is 12.8. The Morgan fingerprint density at radius 1 is 1.07 bits per heavy atom. The molecule has 1 fully saturated rings. The summed E-state index contributed by atoms with van der Waals surface area (Å²) >= 11 is 0. The number of nitrogens with one attached hydrogen (secondary N) is 1. The van der Waals surface area contributed by atoms with Gasteiger partial charge in [0.05, 0.1) is 5.69 Å². The topological polar surface area (TPSA) is 79.2 Å². The standard InChI is InChI=1S/C20H23N7O/c1-2-16-6-7-17(27-14-22-23-15-27)13-18(16)24-20(28)26-11-9-25(10-12-26)19-5-3-4-8-21-19/h3-8,13-15H,2,9-12H2,1H3,(H,24,28). The molecular weight excluding hydrogens is 354 g/mol. The summed E-state index contributed by atoms with van der Waals surface area (Å²) in [5, 5.41) is 10.8. The molecule has 0 bridgehead atoms. The van der Waals surface area contributed by atoms with Gasteiger partial charge in [0.25, 0.3) is 0 Å². The van der Waals surface area contributed by atoms with Gasteiger partial charge in [-0.15, -0.1) is 10.2 Å². The number of amides is 2. The van der Waals surface area contributed by atoms with E-state index in [1.54, 1.807) is 18.9 Å². The maximum absolute atomic E-state index is 12.8. The van der Waals surface area contributed by atoms with Crippen LogP contribution in [0.5, 0.6) is 0 Å². The molecule has 1 N–H and O–H groups in total. The Labute approximate surface area is 163 Å². The molecule has 8 nitrogen and oxygen atoms in total. The van der Waals surface area contributed by atoms with Crippen LogP contribution in [-0.2, 0) is 6.42 Å². The maximum Gasteiger partial charge on any atom is 0.321 e. The van der Waals surface area contributed by atoms with Crippen molar-refractivity contribution >= 4 is 17.5 Å². The minimum absolute atomic E-state index is 0.0729. The second-order valence-electron chi connectivity index (χ2n) is 6.66. The minimum Gasteiger partial charge on any atom is -0.353 e. The molecule has 3 aromatic rings. The summed E-state index contributed by atoms with van der Waals surface area (Å²) in [4.78, 5) is 21.3. The average molecular weight is 377 g/mol. The zero-order valence-electron chi connectivity index (χ0n) is 15.8. The lowest BCUT2D eigenvalue weighted by Crippen LogP contribution is -2.50. The van der Waals surface area contributed by atoms with Crippen molar-refractivity contribution in [2.24, 2.45) is 0 Å². The molecule has 0 saturated carbocycles. The number of rotatable bonds is 4. The van der Waals surface area contributed by atoms with Gasteiger partial charge < -0.3 is 15.1 Å². The highest BCUT2D eigenvalue weighted by molar-refractivity contribution is 5.90. The molecule has 8 heteroatoms. The number of anilines is 2. The third kappa shape index (κ3) is 3.80. The van der Waals surface area contributed by atoms with Crippen LogP contribution >= 0.6 is 0 Å². The summed E-state index contributed by atoms with van der Waals surface area (Å²) in [6, 6.07) is 11.8. The Kier molecular flexibility index (Phi) is 5.18. The van der Waals surface area contributed by atoms with Crippen LogP contribution < -0.4 is 10.2 Å². The molecule has 0 atom stereocenters. The van der Waals surface area contributed by atoms with Crippen molar-refractivity contribution < 1.29 is 4.79 Å². The normalized spacial score (nSPS) is 14.2. The minimum atomic E-state index is -0.0729. The van der Waals surface area contributed by atoms with Crippen molar-refractivity contribution in [1.29, 1.82) is 0 Å². The summed E-state index contributed by atoms with van der Waals surface area (Å²) in [6.07, 6.45) is 5.92. The van der Waals surface area contributed by atoms with Gasteiger partial charge in [-0.3, -0.25) is 4.57 Å². The van der Waals surface area contributed by atoms with Crippen LogP contribution in [0.4, 0.5) is 16.3 Å². The second-order valence-corrected chi connectivity index (χ2v) is 6.66. The lowest BCUT2D eigenvalue weighted by Gasteiger charge is -2.35. The molecule has 28 heavy (non-hydrogen) atoms. The third-order valence-corrected chi connectivity index (χ3v) is 4.97. The predicted octanol–water partition coefficient (Wildman–Crippen LogP) is 2.58. The molecule has 1 saturated heterocycles. The molecule has 0 aliphatic carbocycles. The fraction of sp³-hybridized carbons (Fsp3) is 0.300. The van der Waals surface area contributed by atoms with Gasteiger partial charge in [-0.2, -0.15) is 0 Å². The molecule has 144 valence electrons. The quantitative estimate of drug-likeness (QED) is 0.756. The number of carbonyl (C=O) groups excluding carboxylic acids is 1. The first-order valence-corrected chi connectivity index (χ1v) is 9.44. The summed E-state index contributed by atoms with van der Waals surface area (Å²) in [5.74, 6) is 0.956. The van der Waals surface area contributed by atoms with Gasteiger partial charge in [0.1, 0.15) is 18.5 Å². The molecule has 0 spiro atoms. The molecule has 0 radical (unpaired) electrons. The van der Waals surface area contributed by atoms with Crippen molar-refractivity contribution in [2.75, 3.05) is 36.4 Å². The number of hydrogen-bond donors (Lipinski definition) is 1. The number of hydrogen-bond acceptors (Lipinski definition) is 5. The number of urea groups is 1. The largest absolute Gasteiger partial charge is 0.353 e. The highest BCUT2D eigenvalue weighted by Gasteiger charge is 2.22. The van der Waals surface area contributed by atoms with E-state index >= 15 is 0 Å². The first-order valence-electron chi connectivity index (χ1n) is 9.44. The van der Waals surface area contributed by atoms with Crippen molar-refractivity contribution in [3.63, 3.8) is 0 Å². The van der Waals surface area contributed by atoms with Gasteiger partial charge in [-0.05, 0) is 36.2 Å². The molecule has 4 rings (SSSR count). The van der Waals surface area contributed by atoms with Crippen LogP contribution in [0.2, 0.25) is 0 Å². The fourth-order valence-corrected chi connectivity index (χ4v) is 3.36. The van der Waals surface area contributed by atoms with Crippen molar-refractivity contribution in [2.45, 2.75) is 13.3 Å². The monoisotopic (exact) mass is 377 g/mol. The van der Waals surface area contributed by atoms with E-state index in [4.69, 9.17) is 0 Å². The lowest BCUT2D eigenvalue weighted by atomic mass is 10.1. The SMILES string of the molecule is CCc1ccc(-n2cnnc2)cc1NC(=O)N1CCN(c2ccccn2)CC1. The van der Waals surface area contributed by atoms with Crippen LogP contribution in [0.15, 0.2) is 55.2 Å². The van der Waals surface area contributed by atoms with Gasteiger partial charge in [0, 0.05) is 38.1 Å². The number of benzene rings is 1. The molecule has 2 aromatic heterocycles. The Bertz CT molecular complexity index is 919. The van der Waals surface area contributed by atoms with E-state index in [2.05, 4.69) is 32.3 Å². The summed E-state index contributed by atoms with van der Waals surface area (Å²) in [7, 11) is 0. The predicted molar refractivity (Wildman–Crippen MR) is 108 cm³/mol. The smallest absolute Gasteiger partial charge is 0.321 e. The number of piperazine rings is 1. The first-order chi connectivity index (χ1) is 13.7. The summed E-state index contributed by atoms with van der Waals surface area (Å²) < 4.78 is 1.82. The summed E-state index contributed by atoms with van der Waals surface area (Å²) in [6.45, 7) is 4.94. The lowest BCUT2D eigenvalue weighted by molar-refractivity contribution is 0.208. The van der Waals surface area contributed by atoms with E-state index < -0.39 is 0 Å². The average Bonchev–Trinajstić information content (AvgIpc) is 3.29. The number of aryl methyl sites for hydroxylation is 1. The van der Waals surface area contributed by atoms with E-state index in [0.29, 0.717) is 13.1 Å². The van der Waals surface area contributed by atoms with E-state index in [-0.39, 0.29) is 6.03 Å². The fourth-order valence-electron chi connectivity index (χ4n) is 3.36. The molecular formula is C20H23N7O. The van der Waals surface area contributed by atoms with Crippen LogP contribution in [0.1, 0.15) is 12.5 Å². The van der Waals surface area contributed by atoms with Crippen molar-refractivity contribution in [3.05, 3.63) is 60.8 Å². The number of carbonyl (C=O) groups is 1. The molecule has 1 aromatic carbocycles. The highest BCUT2D eigenvalue weighted by atomic mass is 16.2. The van der Waals surface area contributed by atoms with Gasteiger partial charge >= 0.3 is 6.03 Å². The first kappa shape index (κ1) is 18.0. The van der Waals surface area contributed by atoms with E-state index in [1.165, 1.54) is 0 Å². The zero-order chi connectivity index (χ0) is 19.3. The third-order valence-electron chi connectivity index (χ3n) is 4.97. The van der Waals surface area contributed by atoms with Crippen LogP contribution in [0.3, 0.4) is 0 Å². The molecule has 1 aliphatic rings. The van der Waals surface area contributed by atoms with Crippen molar-refractivity contribution in [3.8, 4) is 5.69 Å². The van der Waals surface area contributed by atoms with Gasteiger partial charge in [0.2, 0.25) is 0 Å². The Balaban J connectivity index is 1.43. The molecule has 1 aliphatic heterocycles. The molecule has 3 heterocycles. The van der Waals surface area contributed by atoms with Crippen LogP contribution in [-0.4, -0.2) is 56.9 Å². The van der Waals surface area contributed by atoms with Crippen LogP contribution in [0.25, 0.3) is 5.69 Å². The Hall–Kier alpha value is -3.42. The number of nitrogens with zero attached hydrogens (tertiary/aromatic N) is 6. The van der Waals surface area contributed by atoms with E-state index in [0.717, 1.165) is 42.3 Å².